The van der Waals surface area contributed by atoms with Crippen LogP contribution < -0.4 is 0 Å². The Morgan fingerprint density at radius 3 is 2.22 bits per heavy atom. The van der Waals surface area contributed by atoms with Crippen LogP contribution in [0.4, 0.5) is 13.2 Å². The van der Waals surface area contributed by atoms with Gasteiger partial charge in [0.1, 0.15) is 12.4 Å². The number of hydrogen-bond acceptors (Lipinski definition) is 2. The van der Waals surface area contributed by atoms with Gasteiger partial charge in [-0.05, 0) is 26.2 Å². The van der Waals surface area contributed by atoms with Crippen LogP contribution in [0.2, 0.25) is 0 Å². The number of nitrogens with zero attached hydrogens (tertiary/aromatic N) is 1. The lowest BCUT2D eigenvalue weighted by Crippen LogP contribution is -2.17. The average molecular weight is 259 g/mol. The fourth-order valence-corrected chi connectivity index (χ4v) is 1.28. The van der Waals surface area contributed by atoms with Crippen molar-refractivity contribution in [2.75, 3.05) is 27.2 Å². The summed E-state index contributed by atoms with van der Waals surface area (Å²) < 4.78 is 42.4. The van der Waals surface area contributed by atoms with E-state index in [4.69, 9.17) is 4.74 Å². The summed E-state index contributed by atoms with van der Waals surface area (Å²) in [5, 5.41) is 0. The number of benzene rings is 1. The Labute approximate surface area is 105 Å². The van der Waals surface area contributed by atoms with Crippen molar-refractivity contribution in [3.63, 3.8) is 0 Å². The molecule has 100 valence electrons. The number of ether oxygens (including phenoxy) is 1. The zero-order chi connectivity index (χ0) is 13.8. The van der Waals surface area contributed by atoms with E-state index in [1.165, 1.54) is 12.1 Å². The molecule has 0 aliphatic rings. The van der Waals surface area contributed by atoms with Crippen molar-refractivity contribution in [3.8, 4) is 0 Å². The van der Waals surface area contributed by atoms with Crippen molar-refractivity contribution in [2.24, 2.45) is 0 Å². The van der Waals surface area contributed by atoms with Crippen LogP contribution in [0.25, 0.3) is 5.76 Å². The SMILES string of the molecule is C=C(OCCN(C)C)c1ccc(C(F)(F)F)cc1. The summed E-state index contributed by atoms with van der Waals surface area (Å²) in [6.45, 7) is 4.86. The number of alkyl halides is 3. The van der Waals surface area contributed by atoms with E-state index in [9.17, 15) is 13.2 Å². The Hall–Kier alpha value is -1.49. The third-order valence-electron chi connectivity index (χ3n) is 2.35. The molecule has 0 atom stereocenters. The second-order valence-corrected chi connectivity index (χ2v) is 4.15. The molecule has 0 radical (unpaired) electrons. The Morgan fingerprint density at radius 2 is 1.78 bits per heavy atom. The van der Waals surface area contributed by atoms with E-state index in [0.29, 0.717) is 17.9 Å². The van der Waals surface area contributed by atoms with Crippen LogP contribution in [0.1, 0.15) is 11.1 Å². The fraction of sp³-hybridized carbons (Fsp3) is 0.385. The molecule has 2 nitrogen and oxygen atoms in total. The molecular formula is C13H16F3NO. The number of halogens is 3. The molecule has 0 fully saturated rings. The van der Waals surface area contributed by atoms with Crippen molar-refractivity contribution in [3.05, 3.63) is 42.0 Å². The van der Waals surface area contributed by atoms with Gasteiger partial charge in [0, 0.05) is 12.1 Å². The van der Waals surface area contributed by atoms with Gasteiger partial charge >= 0.3 is 6.18 Å². The first-order chi connectivity index (χ1) is 8.30. The topological polar surface area (TPSA) is 12.5 Å². The molecule has 0 unspecified atom stereocenters. The van der Waals surface area contributed by atoms with E-state index in [0.717, 1.165) is 18.7 Å². The van der Waals surface area contributed by atoms with Gasteiger partial charge in [-0.25, -0.2) is 0 Å². The molecule has 0 aliphatic heterocycles. The maximum Gasteiger partial charge on any atom is 0.416 e. The van der Waals surface area contributed by atoms with E-state index in [1.54, 1.807) is 0 Å². The van der Waals surface area contributed by atoms with Crippen molar-refractivity contribution >= 4 is 5.76 Å². The fourth-order valence-electron chi connectivity index (χ4n) is 1.28. The summed E-state index contributed by atoms with van der Waals surface area (Å²) in [7, 11) is 3.81. The molecular weight excluding hydrogens is 243 g/mol. The Morgan fingerprint density at radius 1 is 1.22 bits per heavy atom. The van der Waals surface area contributed by atoms with E-state index >= 15 is 0 Å². The van der Waals surface area contributed by atoms with Crippen molar-refractivity contribution in [2.45, 2.75) is 6.18 Å². The van der Waals surface area contributed by atoms with E-state index < -0.39 is 11.7 Å². The summed E-state index contributed by atoms with van der Waals surface area (Å²) in [5.41, 5.74) is -0.117. The maximum atomic E-state index is 12.4. The monoisotopic (exact) mass is 259 g/mol. The number of hydrogen-bond donors (Lipinski definition) is 0. The molecule has 0 spiro atoms. The second-order valence-electron chi connectivity index (χ2n) is 4.15. The minimum atomic E-state index is -4.31. The lowest BCUT2D eigenvalue weighted by molar-refractivity contribution is -0.137. The lowest BCUT2D eigenvalue weighted by atomic mass is 10.1. The van der Waals surface area contributed by atoms with Crippen molar-refractivity contribution < 1.29 is 17.9 Å². The van der Waals surface area contributed by atoms with Crippen LogP contribution in [0.3, 0.4) is 0 Å². The molecule has 1 aromatic carbocycles. The van der Waals surface area contributed by atoms with Gasteiger partial charge in [-0.2, -0.15) is 13.2 Å². The molecule has 0 N–H and O–H groups in total. The Bertz CT molecular complexity index is 396. The summed E-state index contributed by atoms with van der Waals surface area (Å²) in [6, 6.07) is 4.77. The van der Waals surface area contributed by atoms with Gasteiger partial charge in [0.2, 0.25) is 0 Å². The van der Waals surface area contributed by atoms with Gasteiger partial charge in [0.15, 0.2) is 0 Å². The third kappa shape index (κ3) is 4.41. The van der Waals surface area contributed by atoms with E-state index in [2.05, 4.69) is 6.58 Å². The Kier molecular flexibility index (Phi) is 4.78. The highest BCUT2D eigenvalue weighted by molar-refractivity contribution is 5.57. The highest BCUT2D eigenvalue weighted by Crippen LogP contribution is 2.29. The smallest absolute Gasteiger partial charge is 0.416 e. The van der Waals surface area contributed by atoms with Gasteiger partial charge in [-0.1, -0.05) is 18.7 Å². The molecule has 5 heteroatoms. The molecule has 0 saturated heterocycles. The maximum absolute atomic E-state index is 12.4. The van der Waals surface area contributed by atoms with E-state index in [1.807, 2.05) is 19.0 Å². The summed E-state index contributed by atoms with van der Waals surface area (Å²) >= 11 is 0. The quantitative estimate of drug-likeness (QED) is 0.753. The van der Waals surface area contributed by atoms with Crippen LogP contribution in [0.15, 0.2) is 30.8 Å². The van der Waals surface area contributed by atoms with E-state index in [-0.39, 0.29) is 0 Å². The Balaban J connectivity index is 2.60. The zero-order valence-electron chi connectivity index (χ0n) is 10.4. The highest BCUT2D eigenvalue weighted by atomic mass is 19.4. The largest absolute Gasteiger partial charge is 0.492 e. The first-order valence-corrected chi connectivity index (χ1v) is 5.45. The minimum Gasteiger partial charge on any atom is -0.492 e. The molecule has 0 bridgehead atoms. The predicted octanol–water partition coefficient (Wildman–Crippen LogP) is 3.25. The van der Waals surface area contributed by atoms with Crippen LogP contribution >= 0.6 is 0 Å². The van der Waals surface area contributed by atoms with Crippen molar-refractivity contribution in [1.29, 1.82) is 0 Å². The molecule has 18 heavy (non-hydrogen) atoms. The molecule has 0 saturated carbocycles. The second kappa shape index (κ2) is 5.91. The standard InChI is InChI=1S/C13H16F3NO/c1-10(18-9-8-17(2)3)11-4-6-12(7-5-11)13(14,15)16/h4-7H,1,8-9H2,2-3H3. The first kappa shape index (κ1) is 14.6. The van der Waals surface area contributed by atoms with Gasteiger partial charge in [-0.3, -0.25) is 0 Å². The summed E-state index contributed by atoms with van der Waals surface area (Å²) in [6.07, 6.45) is -4.31. The average Bonchev–Trinajstić information content (AvgIpc) is 2.27. The van der Waals surface area contributed by atoms with Crippen molar-refractivity contribution in [1.82, 2.24) is 4.90 Å². The normalized spacial score (nSPS) is 11.7. The van der Waals surface area contributed by atoms with Gasteiger partial charge in [-0.15, -0.1) is 0 Å². The van der Waals surface area contributed by atoms with Crippen LogP contribution in [0, 0.1) is 0 Å². The van der Waals surface area contributed by atoms with Gasteiger partial charge in [0.05, 0.1) is 5.56 Å². The molecule has 0 aromatic heterocycles. The summed E-state index contributed by atoms with van der Waals surface area (Å²) in [4.78, 5) is 1.94. The summed E-state index contributed by atoms with van der Waals surface area (Å²) in [5.74, 6) is 0.380. The highest BCUT2D eigenvalue weighted by Gasteiger charge is 2.29. The molecule has 1 aromatic rings. The lowest BCUT2D eigenvalue weighted by Gasteiger charge is -2.13. The zero-order valence-corrected chi connectivity index (χ0v) is 10.4. The number of likely N-dealkylation sites (N-methyl/N-ethyl adjacent to an activating group) is 1. The van der Waals surface area contributed by atoms with Crippen LogP contribution in [-0.2, 0) is 10.9 Å². The third-order valence-corrected chi connectivity index (χ3v) is 2.35. The number of rotatable bonds is 5. The van der Waals surface area contributed by atoms with Crippen LogP contribution in [0.5, 0.6) is 0 Å². The first-order valence-electron chi connectivity index (χ1n) is 5.45. The predicted molar refractivity (Wildman–Crippen MR) is 65.0 cm³/mol. The minimum absolute atomic E-state index is 0.380. The van der Waals surface area contributed by atoms with Gasteiger partial charge < -0.3 is 9.64 Å². The molecule has 0 aliphatic carbocycles. The molecule has 0 heterocycles. The molecule has 0 amide bonds. The van der Waals surface area contributed by atoms with Crippen LogP contribution in [-0.4, -0.2) is 32.1 Å². The van der Waals surface area contributed by atoms with Gasteiger partial charge in [0.25, 0.3) is 0 Å². The molecule has 1 rings (SSSR count).